The molecule has 152 valence electrons. The third-order valence-corrected chi connectivity index (χ3v) is 2.38. The number of rotatable bonds is 8. The van der Waals surface area contributed by atoms with Crippen molar-refractivity contribution in [3.8, 4) is 0 Å². The van der Waals surface area contributed by atoms with Crippen LogP contribution in [0.3, 0.4) is 0 Å². The van der Waals surface area contributed by atoms with Gasteiger partial charge >= 0.3 is 21.7 Å². The summed E-state index contributed by atoms with van der Waals surface area (Å²) in [6, 6.07) is 0. The van der Waals surface area contributed by atoms with Gasteiger partial charge in [-0.05, 0) is 50.8 Å². The van der Waals surface area contributed by atoms with Crippen molar-refractivity contribution in [3.63, 3.8) is 0 Å². The molecule has 4 atom stereocenters. The van der Waals surface area contributed by atoms with E-state index in [0.717, 1.165) is 0 Å². The summed E-state index contributed by atoms with van der Waals surface area (Å²) in [5.41, 5.74) is 0. The molecule has 0 aliphatic carbocycles. The fourth-order valence-corrected chi connectivity index (χ4v) is 0.667. The smallest absolute Gasteiger partial charge is 0.831 e. The second-order valence-corrected chi connectivity index (χ2v) is 4.29. The quantitative estimate of drug-likeness (QED) is 0.369. The Morgan fingerprint density at radius 2 is 0.600 bits per heavy atom. The molecule has 0 aromatic rings. The van der Waals surface area contributed by atoms with Crippen LogP contribution in [0, 0.1) is 0 Å². The molecular formula is C16H36O8Ti. The van der Waals surface area contributed by atoms with Crippen LogP contribution in [0.5, 0.6) is 0 Å². The van der Waals surface area contributed by atoms with Crippen LogP contribution in [0.15, 0.2) is 0 Å². The molecule has 8 nitrogen and oxygen atoms in total. The van der Waals surface area contributed by atoms with Crippen LogP contribution in [0.2, 0.25) is 0 Å². The predicted molar refractivity (Wildman–Crippen MR) is 84.4 cm³/mol. The van der Waals surface area contributed by atoms with Crippen molar-refractivity contribution >= 4 is 0 Å². The van der Waals surface area contributed by atoms with Gasteiger partial charge in [0.05, 0.1) is 0 Å². The van der Waals surface area contributed by atoms with Gasteiger partial charge in [0.15, 0.2) is 0 Å². The molecule has 0 aromatic heterocycles. The van der Waals surface area contributed by atoms with Gasteiger partial charge in [-0.3, -0.25) is 0 Å². The van der Waals surface area contributed by atoms with E-state index in [4.69, 9.17) is 0 Å². The van der Waals surface area contributed by atoms with E-state index in [1.807, 2.05) is 0 Å². The Morgan fingerprint density at radius 3 is 0.600 bits per heavy atom. The monoisotopic (exact) mass is 404 g/mol. The molecule has 0 amide bonds. The fourth-order valence-electron chi connectivity index (χ4n) is 0.667. The summed E-state index contributed by atoms with van der Waals surface area (Å²) >= 11 is 0. The third kappa shape index (κ3) is 45.5. The molecule has 0 heterocycles. The Morgan fingerprint density at radius 1 is 0.480 bits per heavy atom. The molecule has 0 aliphatic rings. The first-order valence-corrected chi connectivity index (χ1v) is 7.98. The Balaban J connectivity index is -0.0000000702. The number of hydrogen-bond donors (Lipinski definition) is 0. The Kier molecular flexibility index (Phi) is 46.6. The molecule has 0 radical (unpaired) electrons. The first kappa shape index (κ1) is 36.3. The summed E-state index contributed by atoms with van der Waals surface area (Å²) in [6.45, 7) is 7.17. The maximum atomic E-state index is 10.0. The molecule has 0 rings (SSSR count). The zero-order valence-corrected chi connectivity index (χ0v) is 18.5. The first-order valence-electron chi connectivity index (χ1n) is 7.98. The van der Waals surface area contributed by atoms with Gasteiger partial charge in [-0.25, -0.2) is 0 Å². The summed E-state index contributed by atoms with van der Waals surface area (Å²) < 4.78 is 17.4. The average Bonchev–Trinajstić information content (AvgIpc) is 2.66. The molecule has 0 spiro atoms. The van der Waals surface area contributed by atoms with E-state index in [0.29, 0.717) is 25.7 Å². The fraction of sp³-hybridized carbons (Fsp3) is 1.00. The summed E-state index contributed by atoms with van der Waals surface area (Å²) in [6.07, 6.45) is -1.05. The van der Waals surface area contributed by atoms with Gasteiger partial charge in [0.25, 0.3) is 0 Å². The van der Waals surface area contributed by atoms with Crippen LogP contribution in [-0.2, 0) is 40.7 Å². The zero-order chi connectivity index (χ0) is 20.0. The number of ether oxygens (including phenoxy) is 4. The molecule has 0 fully saturated rings. The van der Waals surface area contributed by atoms with Crippen molar-refractivity contribution in [3.05, 3.63) is 0 Å². The summed E-state index contributed by atoms with van der Waals surface area (Å²) in [4.78, 5) is 0. The van der Waals surface area contributed by atoms with Crippen molar-refractivity contribution in [1.29, 1.82) is 0 Å². The second kappa shape index (κ2) is 32.1. The van der Waals surface area contributed by atoms with Crippen LogP contribution < -0.4 is 20.4 Å². The summed E-state index contributed by atoms with van der Waals surface area (Å²) in [5.74, 6) is 0. The van der Waals surface area contributed by atoms with Gasteiger partial charge in [0, 0.05) is 28.4 Å². The second-order valence-electron chi connectivity index (χ2n) is 4.29. The number of hydrogen-bond acceptors (Lipinski definition) is 8. The SMILES string of the molecule is CCC([O-])OC.CCC([O-])OC.CCC([O-])OC.CCC([O-])OC.[Ti+4]. The molecule has 0 aromatic carbocycles. The molecule has 0 aliphatic heterocycles. The maximum Gasteiger partial charge on any atom is 4.00 e. The minimum absolute atomic E-state index is 0. The minimum Gasteiger partial charge on any atom is -0.831 e. The molecule has 9 heteroatoms. The van der Waals surface area contributed by atoms with Crippen LogP contribution in [0.4, 0.5) is 0 Å². The summed E-state index contributed by atoms with van der Waals surface area (Å²) in [5, 5.41) is 40.2. The Hall–Kier alpha value is 0.394. The zero-order valence-electron chi connectivity index (χ0n) is 16.9. The van der Waals surface area contributed by atoms with Gasteiger partial charge in [-0.1, -0.05) is 27.7 Å². The van der Waals surface area contributed by atoms with E-state index in [1.54, 1.807) is 27.7 Å². The number of methoxy groups -OCH3 is 4. The maximum absolute atomic E-state index is 10.0. The van der Waals surface area contributed by atoms with Crippen LogP contribution in [-0.4, -0.2) is 53.6 Å². The van der Waals surface area contributed by atoms with Crippen LogP contribution in [0.25, 0.3) is 0 Å². The summed E-state index contributed by atoms with van der Waals surface area (Å²) in [7, 11) is 5.67. The van der Waals surface area contributed by atoms with E-state index in [2.05, 4.69) is 18.9 Å². The van der Waals surface area contributed by atoms with Crippen molar-refractivity contribution < 1.29 is 61.1 Å². The topological polar surface area (TPSA) is 129 Å². The molecule has 0 bridgehead atoms. The first-order chi connectivity index (χ1) is 11.2. The van der Waals surface area contributed by atoms with Gasteiger partial charge in [-0.15, -0.1) is 0 Å². The van der Waals surface area contributed by atoms with E-state index in [9.17, 15) is 20.4 Å². The molecule has 0 saturated carbocycles. The van der Waals surface area contributed by atoms with Gasteiger partial charge < -0.3 is 39.4 Å². The van der Waals surface area contributed by atoms with E-state index < -0.39 is 25.2 Å². The normalized spacial score (nSPS) is 13.9. The van der Waals surface area contributed by atoms with E-state index >= 15 is 0 Å². The molecular weight excluding hydrogens is 368 g/mol. The minimum atomic E-state index is -0.815. The molecule has 25 heavy (non-hydrogen) atoms. The van der Waals surface area contributed by atoms with Crippen molar-refractivity contribution in [1.82, 2.24) is 0 Å². The molecule has 0 N–H and O–H groups in total. The Labute approximate surface area is 168 Å². The van der Waals surface area contributed by atoms with Gasteiger partial charge in [-0.2, -0.15) is 0 Å². The van der Waals surface area contributed by atoms with Gasteiger partial charge in [0.1, 0.15) is 0 Å². The van der Waals surface area contributed by atoms with E-state index in [1.165, 1.54) is 28.4 Å². The van der Waals surface area contributed by atoms with Crippen molar-refractivity contribution in [2.45, 2.75) is 78.5 Å². The predicted octanol–water partition coefficient (Wildman–Crippen LogP) is -1.09. The van der Waals surface area contributed by atoms with Crippen molar-refractivity contribution in [2.24, 2.45) is 0 Å². The van der Waals surface area contributed by atoms with Crippen LogP contribution in [0.1, 0.15) is 53.4 Å². The van der Waals surface area contributed by atoms with Crippen LogP contribution >= 0.6 is 0 Å². The van der Waals surface area contributed by atoms with Crippen molar-refractivity contribution in [2.75, 3.05) is 28.4 Å². The Bertz CT molecular complexity index is 145. The van der Waals surface area contributed by atoms with E-state index in [-0.39, 0.29) is 21.7 Å². The third-order valence-electron chi connectivity index (χ3n) is 2.38. The molecule has 4 unspecified atom stereocenters. The largest absolute Gasteiger partial charge is 4.00 e. The molecule has 0 saturated heterocycles. The average molecular weight is 404 g/mol. The van der Waals surface area contributed by atoms with Gasteiger partial charge in [0.2, 0.25) is 0 Å². The standard InChI is InChI=1S/4C4H9O2.Ti/c4*1-3-4(5)6-2;/h4*4H,3H2,1-2H3;/q4*-1;+4.